The predicted octanol–water partition coefficient (Wildman–Crippen LogP) is 1.87. The average molecular weight is 648 g/mol. The van der Waals surface area contributed by atoms with Gasteiger partial charge in [-0.3, -0.25) is 14.4 Å². The number of hydrogen-bond donors (Lipinski definition) is 5. The molecule has 47 heavy (non-hydrogen) atoms. The molecule has 1 saturated heterocycles. The number of ether oxygens (including phenoxy) is 4. The maximum Gasteiger partial charge on any atom is 0.338 e. The minimum atomic E-state index is -2.34. The summed E-state index contributed by atoms with van der Waals surface area (Å²) in [6, 6.07) is 11.5. The monoisotopic (exact) mass is 647 g/mol. The topological polar surface area (TPSA) is 212 Å². The summed E-state index contributed by atoms with van der Waals surface area (Å²) in [5.74, 6) is -4.67. The van der Waals surface area contributed by atoms with E-state index in [2.05, 4.69) is 0 Å². The van der Waals surface area contributed by atoms with Crippen molar-refractivity contribution in [2.24, 2.45) is 5.73 Å². The fraction of sp³-hybridized carbons (Fsp3) is 0.353. The molecule has 1 fully saturated rings. The summed E-state index contributed by atoms with van der Waals surface area (Å²) < 4.78 is 22.4. The number of carbonyl (C=O) groups is 4. The van der Waals surface area contributed by atoms with E-state index >= 15 is 0 Å². The molecule has 3 aromatic rings. The van der Waals surface area contributed by atoms with Crippen molar-refractivity contribution >= 4 is 23.3 Å². The lowest BCUT2D eigenvalue weighted by Gasteiger charge is -2.42. The number of aromatic hydroxyl groups is 2. The minimum absolute atomic E-state index is 0.0158. The van der Waals surface area contributed by atoms with E-state index < -0.39 is 102 Å². The van der Waals surface area contributed by atoms with Crippen LogP contribution in [0.3, 0.4) is 0 Å². The quantitative estimate of drug-likeness (QED) is 0.143. The number of ketones is 3. The highest BCUT2D eigenvalue weighted by Gasteiger charge is 2.50. The summed E-state index contributed by atoms with van der Waals surface area (Å²) >= 11 is 0. The fourth-order valence-electron chi connectivity index (χ4n) is 6.53. The number of phenols is 2. The van der Waals surface area contributed by atoms with Crippen LogP contribution in [0.1, 0.15) is 79.2 Å². The third kappa shape index (κ3) is 5.45. The van der Waals surface area contributed by atoms with Crippen molar-refractivity contribution < 1.29 is 58.6 Å². The number of fused-ring (bicyclic) bond motifs is 3. The number of benzene rings is 3. The van der Waals surface area contributed by atoms with Gasteiger partial charge in [-0.15, -0.1) is 0 Å². The van der Waals surface area contributed by atoms with Gasteiger partial charge in [0, 0.05) is 42.0 Å². The maximum absolute atomic E-state index is 13.8. The van der Waals surface area contributed by atoms with Gasteiger partial charge >= 0.3 is 5.97 Å². The number of hydrogen-bond acceptors (Lipinski definition) is 13. The van der Waals surface area contributed by atoms with Crippen LogP contribution in [0.4, 0.5) is 0 Å². The average Bonchev–Trinajstić information content (AvgIpc) is 3.06. The lowest BCUT2D eigenvalue weighted by molar-refractivity contribution is -0.247. The first-order valence-corrected chi connectivity index (χ1v) is 15.0. The van der Waals surface area contributed by atoms with E-state index in [1.807, 2.05) is 0 Å². The molecule has 3 aromatic carbocycles. The second kappa shape index (κ2) is 12.2. The van der Waals surface area contributed by atoms with Gasteiger partial charge < -0.3 is 45.1 Å². The SMILES string of the molecule is COc1cccc2c1C(=O)c1c(O)c3c(c(O)c1C2=O)C[C@@](O)(C(=O)COC(=O)c1ccccc1)C[C@H]3O[C@H]1C[C@@H](N)[C@@H](O)[C@H](C)O1. The Morgan fingerprint density at radius 3 is 2.38 bits per heavy atom. The maximum atomic E-state index is 13.8. The number of nitrogens with two attached hydrogens (primary N) is 1. The molecular formula is C34H33NO12. The number of carbonyl (C=O) groups excluding carboxylic acids is 4. The van der Waals surface area contributed by atoms with Gasteiger partial charge in [0.2, 0.25) is 11.6 Å². The molecule has 0 radical (unpaired) electrons. The van der Waals surface area contributed by atoms with Crippen molar-refractivity contribution in [3.8, 4) is 17.2 Å². The molecule has 6 rings (SSSR count). The highest BCUT2D eigenvalue weighted by atomic mass is 16.7. The van der Waals surface area contributed by atoms with Gasteiger partial charge in [0.15, 0.2) is 18.7 Å². The molecule has 0 unspecified atom stereocenters. The van der Waals surface area contributed by atoms with Crippen molar-refractivity contribution in [1.29, 1.82) is 0 Å². The van der Waals surface area contributed by atoms with Gasteiger partial charge in [-0.05, 0) is 25.1 Å². The Labute approximate surface area is 268 Å². The summed E-state index contributed by atoms with van der Waals surface area (Å²) in [7, 11) is 1.32. The van der Waals surface area contributed by atoms with E-state index in [1.54, 1.807) is 25.1 Å². The Hall–Kier alpha value is -4.66. The summed E-state index contributed by atoms with van der Waals surface area (Å²) in [5.41, 5.74) is 2.39. The lowest BCUT2D eigenvalue weighted by Crippen LogP contribution is -2.53. The van der Waals surface area contributed by atoms with Crippen molar-refractivity contribution in [3.05, 3.63) is 87.5 Å². The van der Waals surface area contributed by atoms with Gasteiger partial charge in [0.25, 0.3) is 0 Å². The van der Waals surface area contributed by atoms with Crippen LogP contribution in [0, 0.1) is 0 Å². The van der Waals surface area contributed by atoms with Crippen molar-refractivity contribution in [1.82, 2.24) is 0 Å². The van der Waals surface area contributed by atoms with E-state index in [1.165, 1.54) is 37.4 Å². The molecule has 2 aliphatic carbocycles. The molecule has 0 bridgehead atoms. The zero-order valence-corrected chi connectivity index (χ0v) is 25.5. The number of phenolic OH excluding ortho intramolecular Hbond substituents is 2. The highest BCUT2D eigenvalue weighted by Crippen LogP contribution is 2.52. The largest absolute Gasteiger partial charge is 0.507 e. The number of Topliss-reactive ketones (excluding diaryl/α,β-unsaturated/α-hetero) is 1. The molecule has 6 atom stereocenters. The van der Waals surface area contributed by atoms with Crippen molar-refractivity contribution in [2.75, 3.05) is 13.7 Å². The number of aliphatic hydroxyl groups is 2. The van der Waals surface area contributed by atoms with Gasteiger partial charge in [-0.1, -0.05) is 30.3 Å². The zero-order chi connectivity index (χ0) is 33.8. The number of esters is 1. The normalized spacial score (nSPS) is 26.5. The second-order valence-electron chi connectivity index (χ2n) is 11.9. The smallest absolute Gasteiger partial charge is 0.338 e. The third-order valence-electron chi connectivity index (χ3n) is 9.01. The van der Waals surface area contributed by atoms with Crippen molar-refractivity contribution in [3.63, 3.8) is 0 Å². The second-order valence-corrected chi connectivity index (χ2v) is 11.9. The lowest BCUT2D eigenvalue weighted by atomic mass is 9.72. The molecule has 6 N–H and O–H groups in total. The molecule has 246 valence electrons. The minimum Gasteiger partial charge on any atom is -0.507 e. The molecule has 13 heteroatoms. The van der Waals surface area contributed by atoms with Crippen molar-refractivity contribution in [2.45, 2.75) is 62.4 Å². The van der Waals surface area contributed by atoms with Gasteiger partial charge in [0.1, 0.15) is 22.8 Å². The molecule has 1 heterocycles. The standard InChI is InChI=1S/C34H33NO12/c1-15-28(37)19(35)11-23(46-15)47-21-13-34(43,22(36)14-45-33(42)16-7-4-3-5-8-16)12-18-25(21)32(41)27-26(30(18)39)29(38)17-9-6-10-20(44-2)24(17)31(27)40/h3-10,15,19,21,23,28,37,39,41,43H,11-14,35H2,1-2H3/t15-,19+,21+,23-,28-,34-/m0/s1. The Kier molecular flexibility index (Phi) is 8.36. The predicted molar refractivity (Wildman–Crippen MR) is 161 cm³/mol. The van der Waals surface area contributed by atoms with Crippen LogP contribution in [-0.4, -0.2) is 87.6 Å². The Balaban J connectivity index is 1.42. The van der Waals surface area contributed by atoms with E-state index in [9.17, 15) is 39.6 Å². The molecule has 13 nitrogen and oxygen atoms in total. The molecular weight excluding hydrogens is 614 g/mol. The number of methoxy groups -OCH3 is 1. The van der Waals surface area contributed by atoms with Crippen LogP contribution in [0.2, 0.25) is 0 Å². The first-order chi connectivity index (χ1) is 22.4. The Morgan fingerprint density at radius 1 is 1.00 bits per heavy atom. The zero-order valence-electron chi connectivity index (χ0n) is 25.5. The van der Waals surface area contributed by atoms with E-state index in [0.717, 1.165) is 0 Å². The van der Waals surface area contributed by atoms with Crippen LogP contribution in [-0.2, 0) is 25.4 Å². The Morgan fingerprint density at radius 2 is 1.70 bits per heavy atom. The summed E-state index contributed by atoms with van der Waals surface area (Å²) in [4.78, 5) is 53.7. The molecule has 1 aliphatic heterocycles. The van der Waals surface area contributed by atoms with Crippen LogP contribution >= 0.6 is 0 Å². The summed E-state index contributed by atoms with van der Waals surface area (Å²) in [5, 5.41) is 45.4. The number of rotatable bonds is 7. The summed E-state index contributed by atoms with van der Waals surface area (Å²) in [6.45, 7) is 0.729. The number of aliphatic hydroxyl groups excluding tert-OH is 1. The fourth-order valence-corrected chi connectivity index (χ4v) is 6.53. The third-order valence-corrected chi connectivity index (χ3v) is 9.01. The van der Waals surface area contributed by atoms with Gasteiger partial charge in [-0.25, -0.2) is 4.79 Å². The van der Waals surface area contributed by atoms with Crippen LogP contribution in [0.25, 0.3) is 0 Å². The van der Waals surface area contributed by atoms with E-state index in [4.69, 9.17) is 24.7 Å². The molecule has 0 amide bonds. The summed E-state index contributed by atoms with van der Waals surface area (Å²) in [6.07, 6.45) is -5.45. The molecule has 0 saturated carbocycles. The van der Waals surface area contributed by atoms with Crippen LogP contribution in [0.5, 0.6) is 17.2 Å². The highest BCUT2D eigenvalue weighted by molar-refractivity contribution is 6.31. The van der Waals surface area contributed by atoms with E-state index in [-0.39, 0.29) is 40.0 Å². The van der Waals surface area contributed by atoms with Gasteiger partial charge in [0.05, 0.1) is 47.7 Å². The van der Waals surface area contributed by atoms with E-state index in [0.29, 0.717) is 0 Å². The molecule has 0 spiro atoms. The first kappa shape index (κ1) is 32.3. The Bertz CT molecular complexity index is 1780. The van der Waals surface area contributed by atoms with Crippen LogP contribution in [0.15, 0.2) is 48.5 Å². The molecule has 3 aliphatic rings. The van der Waals surface area contributed by atoms with Crippen LogP contribution < -0.4 is 10.5 Å². The molecule has 0 aromatic heterocycles. The first-order valence-electron chi connectivity index (χ1n) is 15.0. The van der Waals surface area contributed by atoms with Gasteiger partial charge in [-0.2, -0.15) is 0 Å².